The van der Waals surface area contributed by atoms with E-state index >= 15 is 0 Å². The van der Waals surface area contributed by atoms with Crippen molar-refractivity contribution < 1.29 is 14.6 Å². The minimum absolute atomic E-state index is 0.369. The summed E-state index contributed by atoms with van der Waals surface area (Å²) in [5.74, 6) is 1.04. The number of hydrogen-bond donors (Lipinski definition) is 2. The Morgan fingerprint density at radius 1 is 1.04 bits per heavy atom. The number of quaternary nitrogens is 2. The van der Waals surface area contributed by atoms with E-state index < -0.39 is 0 Å². The molecule has 0 saturated carbocycles. The second-order valence-electron chi connectivity index (χ2n) is 8.58. The lowest BCUT2D eigenvalue weighted by molar-refractivity contribution is -1.02. The molecule has 0 radical (unpaired) electrons. The largest absolute Gasteiger partial charge is 0.338 e. The fourth-order valence-electron chi connectivity index (χ4n) is 4.77. The zero-order valence-electron chi connectivity index (χ0n) is 16.5. The molecule has 144 valence electrons. The van der Waals surface area contributed by atoms with Crippen LogP contribution in [-0.4, -0.2) is 56.6 Å². The fraction of sp³-hybridized carbons (Fsp3) is 0.522. The van der Waals surface area contributed by atoms with Crippen molar-refractivity contribution in [1.82, 2.24) is 4.90 Å². The summed E-state index contributed by atoms with van der Waals surface area (Å²) >= 11 is 0. The van der Waals surface area contributed by atoms with E-state index in [0.29, 0.717) is 18.4 Å². The third kappa shape index (κ3) is 4.50. The van der Waals surface area contributed by atoms with Gasteiger partial charge >= 0.3 is 0 Å². The molecular formula is C23H33N3O+2. The fourth-order valence-corrected chi connectivity index (χ4v) is 4.77. The minimum atomic E-state index is 0.369. The van der Waals surface area contributed by atoms with Crippen LogP contribution in [0.1, 0.15) is 25.3 Å². The number of carbonyl (C=O) groups excluding carboxylic acids is 1. The number of piperidine rings is 1. The molecule has 2 N–H and O–H groups in total. The van der Waals surface area contributed by atoms with Gasteiger partial charge in [-0.25, -0.2) is 0 Å². The summed E-state index contributed by atoms with van der Waals surface area (Å²) in [7, 11) is 0. The molecule has 4 rings (SSSR count). The van der Waals surface area contributed by atoms with Gasteiger partial charge in [-0.05, 0) is 29.5 Å². The molecule has 0 spiro atoms. The molecule has 0 aliphatic carbocycles. The van der Waals surface area contributed by atoms with E-state index in [-0.39, 0.29) is 0 Å². The Morgan fingerprint density at radius 3 is 2.59 bits per heavy atom. The van der Waals surface area contributed by atoms with Gasteiger partial charge in [0.2, 0.25) is 0 Å². The Bertz CT molecular complexity index is 777. The lowest BCUT2D eigenvalue weighted by Crippen LogP contribution is -3.28. The first-order valence-corrected chi connectivity index (χ1v) is 10.6. The second-order valence-corrected chi connectivity index (χ2v) is 8.58. The molecule has 1 amide bonds. The summed E-state index contributed by atoms with van der Waals surface area (Å²) < 4.78 is 0. The first-order valence-electron chi connectivity index (χ1n) is 10.6. The maximum Gasteiger partial charge on any atom is 0.277 e. The molecule has 2 aliphatic heterocycles. The SMILES string of the molecule is C[C@H]1CCCN(C(=O)C[NH+]2CC[NH+](Cc3cccc4ccccc34)CC2)C1. The summed E-state index contributed by atoms with van der Waals surface area (Å²) in [6.45, 7) is 10.5. The van der Waals surface area contributed by atoms with Gasteiger partial charge in [0.1, 0.15) is 32.7 Å². The maximum atomic E-state index is 12.6. The molecule has 2 aromatic carbocycles. The van der Waals surface area contributed by atoms with Crippen LogP contribution in [-0.2, 0) is 11.3 Å². The highest BCUT2D eigenvalue weighted by Crippen LogP contribution is 2.17. The smallest absolute Gasteiger partial charge is 0.277 e. The van der Waals surface area contributed by atoms with Gasteiger partial charge in [-0.1, -0.05) is 49.4 Å². The Balaban J connectivity index is 1.29. The molecule has 0 aromatic heterocycles. The lowest BCUT2D eigenvalue weighted by atomic mass is 10.0. The molecule has 2 heterocycles. The molecule has 2 aliphatic rings. The van der Waals surface area contributed by atoms with Crippen molar-refractivity contribution in [1.29, 1.82) is 0 Å². The van der Waals surface area contributed by atoms with Gasteiger partial charge in [-0.3, -0.25) is 4.79 Å². The van der Waals surface area contributed by atoms with Crippen molar-refractivity contribution in [3.05, 3.63) is 48.0 Å². The highest BCUT2D eigenvalue weighted by molar-refractivity contribution is 5.85. The van der Waals surface area contributed by atoms with Gasteiger partial charge in [-0.2, -0.15) is 0 Å². The Labute approximate surface area is 162 Å². The van der Waals surface area contributed by atoms with Crippen LogP contribution < -0.4 is 9.80 Å². The Kier molecular flexibility index (Phi) is 5.74. The molecule has 0 bridgehead atoms. The van der Waals surface area contributed by atoms with Crippen LogP contribution in [0.2, 0.25) is 0 Å². The molecule has 0 unspecified atom stereocenters. The number of carbonyl (C=O) groups is 1. The van der Waals surface area contributed by atoms with Crippen molar-refractivity contribution in [2.24, 2.45) is 5.92 Å². The normalized spacial score (nSPS) is 26.3. The van der Waals surface area contributed by atoms with Crippen molar-refractivity contribution in [3.63, 3.8) is 0 Å². The van der Waals surface area contributed by atoms with Crippen LogP contribution in [0.3, 0.4) is 0 Å². The number of nitrogens with zero attached hydrogens (tertiary/aromatic N) is 1. The summed E-state index contributed by atoms with van der Waals surface area (Å²) in [5.41, 5.74) is 1.45. The first-order chi connectivity index (χ1) is 13.2. The van der Waals surface area contributed by atoms with Crippen LogP contribution in [0.25, 0.3) is 10.8 Å². The maximum absolute atomic E-state index is 12.6. The third-order valence-corrected chi connectivity index (χ3v) is 6.40. The standard InChI is InChI=1S/C23H31N3O/c1-19-6-5-11-26(16-19)23(27)18-25-14-12-24(13-15-25)17-21-9-4-8-20-7-2-3-10-22(20)21/h2-4,7-10,19H,5-6,11-18H2,1H3/p+2/t19-/m0/s1. The van der Waals surface area contributed by atoms with Crippen molar-refractivity contribution >= 4 is 16.7 Å². The van der Waals surface area contributed by atoms with E-state index in [1.165, 1.54) is 34.1 Å². The number of benzene rings is 2. The van der Waals surface area contributed by atoms with Gasteiger partial charge in [0, 0.05) is 18.7 Å². The molecule has 4 nitrogen and oxygen atoms in total. The van der Waals surface area contributed by atoms with Crippen molar-refractivity contribution in [2.75, 3.05) is 45.8 Å². The highest BCUT2D eigenvalue weighted by atomic mass is 16.2. The summed E-state index contributed by atoms with van der Waals surface area (Å²) in [6, 6.07) is 15.3. The predicted molar refractivity (Wildman–Crippen MR) is 109 cm³/mol. The van der Waals surface area contributed by atoms with Gasteiger partial charge in [0.15, 0.2) is 6.54 Å². The third-order valence-electron chi connectivity index (χ3n) is 6.40. The van der Waals surface area contributed by atoms with Gasteiger partial charge < -0.3 is 14.7 Å². The number of fused-ring (bicyclic) bond motifs is 1. The van der Waals surface area contributed by atoms with Crippen LogP contribution >= 0.6 is 0 Å². The van der Waals surface area contributed by atoms with Gasteiger partial charge in [0.05, 0.1) is 0 Å². The van der Waals surface area contributed by atoms with Crippen molar-refractivity contribution in [3.8, 4) is 0 Å². The number of amides is 1. The van der Waals surface area contributed by atoms with E-state index in [1.54, 1.807) is 4.90 Å². The van der Waals surface area contributed by atoms with E-state index in [2.05, 4.69) is 54.3 Å². The molecule has 2 saturated heterocycles. The molecule has 27 heavy (non-hydrogen) atoms. The monoisotopic (exact) mass is 367 g/mol. The van der Waals surface area contributed by atoms with E-state index in [1.807, 2.05) is 0 Å². The number of hydrogen-bond acceptors (Lipinski definition) is 1. The van der Waals surface area contributed by atoms with Gasteiger partial charge in [-0.15, -0.1) is 0 Å². The first kappa shape index (κ1) is 18.5. The molecule has 2 fully saturated rings. The van der Waals surface area contributed by atoms with Crippen LogP contribution in [0.4, 0.5) is 0 Å². The average molecular weight is 368 g/mol. The number of likely N-dealkylation sites (tertiary alicyclic amines) is 1. The van der Waals surface area contributed by atoms with Crippen LogP contribution in [0.5, 0.6) is 0 Å². The molecule has 2 aromatic rings. The quantitative estimate of drug-likeness (QED) is 0.804. The number of rotatable bonds is 4. The van der Waals surface area contributed by atoms with Crippen molar-refractivity contribution in [2.45, 2.75) is 26.3 Å². The van der Waals surface area contributed by atoms with E-state index in [9.17, 15) is 4.79 Å². The van der Waals surface area contributed by atoms with E-state index in [0.717, 1.165) is 45.8 Å². The zero-order chi connectivity index (χ0) is 18.6. The average Bonchev–Trinajstić information content (AvgIpc) is 2.70. The lowest BCUT2D eigenvalue weighted by Gasteiger charge is -2.34. The summed E-state index contributed by atoms with van der Waals surface area (Å²) in [6.07, 6.45) is 2.44. The molecule has 4 heteroatoms. The number of nitrogens with one attached hydrogen (secondary N) is 2. The zero-order valence-corrected chi connectivity index (χ0v) is 16.5. The summed E-state index contributed by atoms with van der Waals surface area (Å²) in [4.78, 5) is 17.9. The molecular weight excluding hydrogens is 334 g/mol. The molecule has 1 atom stereocenters. The summed E-state index contributed by atoms with van der Waals surface area (Å²) in [5, 5.41) is 2.72. The van der Waals surface area contributed by atoms with Crippen LogP contribution in [0, 0.1) is 5.92 Å². The minimum Gasteiger partial charge on any atom is -0.338 e. The van der Waals surface area contributed by atoms with E-state index in [4.69, 9.17) is 0 Å². The Morgan fingerprint density at radius 2 is 1.78 bits per heavy atom. The second kappa shape index (κ2) is 8.41. The van der Waals surface area contributed by atoms with Crippen LogP contribution in [0.15, 0.2) is 42.5 Å². The predicted octanol–water partition coefficient (Wildman–Crippen LogP) is 0.382. The number of piperazine rings is 1. The van der Waals surface area contributed by atoms with Gasteiger partial charge in [0.25, 0.3) is 5.91 Å². The highest BCUT2D eigenvalue weighted by Gasteiger charge is 2.28. The Hall–Kier alpha value is -1.91. The topological polar surface area (TPSA) is 29.2 Å².